The fraction of sp³-hybridized carbons (Fsp3) is 0.444. The lowest BCUT2D eigenvalue weighted by Gasteiger charge is -2.29. The van der Waals surface area contributed by atoms with E-state index in [2.05, 4.69) is 62.1 Å². The molecule has 1 heterocycles. The molecule has 3 nitrogen and oxygen atoms in total. The number of aromatic nitrogens is 1. The maximum atomic E-state index is 5.80. The average molecular weight is 401 g/mol. The Bertz CT molecular complexity index is 1080. The predicted octanol–water partition coefficient (Wildman–Crippen LogP) is 6.46. The van der Waals surface area contributed by atoms with Crippen molar-refractivity contribution in [3.63, 3.8) is 0 Å². The highest BCUT2D eigenvalue weighted by Gasteiger charge is 2.31. The van der Waals surface area contributed by atoms with Crippen LogP contribution in [0.1, 0.15) is 42.5 Å². The molecule has 2 aliphatic carbocycles. The largest absolute Gasteiger partial charge is 0.496 e. The first-order chi connectivity index (χ1) is 14.5. The van der Waals surface area contributed by atoms with Crippen molar-refractivity contribution in [3.8, 4) is 17.0 Å². The van der Waals surface area contributed by atoms with Gasteiger partial charge in [-0.15, -0.1) is 0 Å². The van der Waals surface area contributed by atoms with E-state index in [1.807, 2.05) is 0 Å². The molecule has 2 aromatic carbocycles. The van der Waals surface area contributed by atoms with E-state index in [0.717, 1.165) is 34.5 Å². The van der Waals surface area contributed by atoms with Gasteiger partial charge in [0.15, 0.2) is 0 Å². The van der Waals surface area contributed by atoms with Crippen LogP contribution in [0.5, 0.6) is 5.75 Å². The summed E-state index contributed by atoms with van der Waals surface area (Å²) in [6.07, 6.45) is 5.51. The number of anilines is 1. The first-order valence-corrected chi connectivity index (χ1v) is 11.3. The third kappa shape index (κ3) is 3.66. The van der Waals surface area contributed by atoms with Crippen LogP contribution in [0.15, 0.2) is 36.4 Å². The molecule has 0 spiro atoms. The van der Waals surface area contributed by atoms with Crippen molar-refractivity contribution >= 4 is 16.5 Å². The summed E-state index contributed by atoms with van der Waals surface area (Å²) in [6.45, 7) is 8.82. The predicted molar refractivity (Wildman–Crippen MR) is 126 cm³/mol. The fourth-order valence-electron chi connectivity index (χ4n) is 4.84. The highest BCUT2D eigenvalue weighted by molar-refractivity contribution is 6.04. The van der Waals surface area contributed by atoms with Crippen molar-refractivity contribution in [1.82, 2.24) is 4.98 Å². The van der Waals surface area contributed by atoms with Gasteiger partial charge in [-0.3, -0.25) is 4.98 Å². The second-order valence-corrected chi connectivity index (χ2v) is 9.39. The van der Waals surface area contributed by atoms with Crippen molar-refractivity contribution in [3.05, 3.63) is 53.2 Å². The van der Waals surface area contributed by atoms with Gasteiger partial charge in [-0.05, 0) is 75.5 Å². The van der Waals surface area contributed by atoms with E-state index < -0.39 is 0 Å². The van der Waals surface area contributed by atoms with Crippen molar-refractivity contribution in [1.29, 1.82) is 0 Å². The summed E-state index contributed by atoms with van der Waals surface area (Å²) in [5.74, 6) is 2.63. The molecule has 0 radical (unpaired) electrons. The Kier molecular flexibility index (Phi) is 4.92. The molecule has 1 aromatic heterocycles. The van der Waals surface area contributed by atoms with E-state index in [1.165, 1.54) is 66.4 Å². The number of hydrogen-bond acceptors (Lipinski definition) is 3. The van der Waals surface area contributed by atoms with Crippen LogP contribution in [0.3, 0.4) is 0 Å². The molecule has 2 saturated carbocycles. The minimum Gasteiger partial charge on any atom is -0.496 e. The molecule has 2 fully saturated rings. The molecule has 0 amide bonds. The fourth-order valence-corrected chi connectivity index (χ4v) is 4.84. The van der Waals surface area contributed by atoms with Crippen molar-refractivity contribution < 1.29 is 4.74 Å². The number of nitrogens with zero attached hydrogens (tertiary/aromatic N) is 2. The highest BCUT2D eigenvalue weighted by atomic mass is 16.5. The lowest BCUT2D eigenvalue weighted by atomic mass is 9.95. The smallest absolute Gasteiger partial charge is 0.128 e. The first-order valence-electron chi connectivity index (χ1n) is 11.3. The second-order valence-electron chi connectivity index (χ2n) is 9.39. The molecule has 3 aromatic rings. The Morgan fingerprint density at radius 3 is 2.17 bits per heavy atom. The topological polar surface area (TPSA) is 25.4 Å². The maximum absolute atomic E-state index is 5.80. The number of fused-ring (bicyclic) bond motifs is 1. The van der Waals surface area contributed by atoms with Gasteiger partial charge in [0.1, 0.15) is 5.75 Å². The second kappa shape index (κ2) is 7.61. The van der Waals surface area contributed by atoms with E-state index in [-0.39, 0.29) is 0 Å². The third-order valence-corrected chi connectivity index (χ3v) is 6.63. The normalized spacial score (nSPS) is 16.1. The van der Waals surface area contributed by atoms with Gasteiger partial charge in [0, 0.05) is 29.4 Å². The minimum absolute atomic E-state index is 0.862. The van der Waals surface area contributed by atoms with Gasteiger partial charge in [-0.2, -0.15) is 0 Å². The molecule has 2 aliphatic rings. The number of rotatable bonds is 7. The summed E-state index contributed by atoms with van der Waals surface area (Å²) in [6, 6.07) is 13.2. The molecule has 5 rings (SSSR count). The SMILES string of the molecule is COc1cc(C)cc(C)c1-c1nc(C)c(N(CC2CC2)CC2CC2)c2ccccc12. The Labute approximate surface area is 180 Å². The van der Waals surface area contributed by atoms with Gasteiger partial charge < -0.3 is 9.64 Å². The standard InChI is InChI=1S/C27H32N2O/c1-17-13-18(2)25(24(14-17)30-4)26-22-7-5-6-8-23(22)27(19(3)28-26)29(15-20-9-10-20)16-21-11-12-21/h5-8,13-14,20-21H,9-12,15-16H2,1-4H3. The summed E-state index contributed by atoms with van der Waals surface area (Å²) in [7, 11) is 1.76. The van der Waals surface area contributed by atoms with Gasteiger partial charge >= 0.3 is 0 Å². The van der Waals surface area contributed by atoms with E-state index >= 15 is 0 Å². The number of benzene rings is 2. The van der Waals surface area contributed by atoms with Gasteiger partial charge in [-0.25, -0.2) is 0 Å². The van der Waals surface area contributed by atoms with Crippen LogP contribution >= 0.6 is 0 Å². The molecule has 0 unspecified atom stereocenters. The van der Waals surface area contributed by atoms with E-state index in [9.17, 15) is 0 Å². The zero-order valence-electron chi connectivity index (χ0n) is 18.7. The number of aryl methyl sites for hydroxylation is 3. The summed E-state index contributed by atoms with van der Waals surface area (Å²) in [5, 5.41) is 2.54. The monoisotopic (exact) mass is 400 g/mol. The average Bonchev–Trinajstić information content (AvgIpc) is 3.63. The number of hydrogen-bond donors (Lipinski definition) is 0. The maximum Gasteiger partial charge on any atom is 0.128 e. The van der Waals surface area contributed by atoms with Crippen LogP contribution in [0, 0.1) is 32.6 Å². The van der Waals surface area contributed by atoms with Gasteiger partial charge in [-0.1, -0.05) is 30.3 Å². The van der Waals surface area contributed by atoms with Crippen molar-refractivity contribution in [2.75, 3.05) is 25.1 Å². The number of pyridine rings is 1. The van der Waals surface area contributed by atoms with Crippen molar-refractivity contribution in [2.24, 2.45) is 11.8 Å². The molecule has 0 atom stereocenters. The lowest BCUT2D eigenvalue weighted by molar-refractivity contribution is 0.415. The minimum atomic E-state index is 0.862. The molecule has 0 aliphatic heterocycles. The quantitative estimate of drug-likeness (QED) is 0.455. The zero-order chi connectivity index (χ0) is 20.8. The Balaban J connectivity index is 1.71. The van der Waals surface area contributed by atoms with E-state index in [4.69, 9.17) is 9.72 Å². The summed E-state index contributed by atoms with van der Waals surface area (Å²) in [5.41, 5.74) is 7.06. The summed E-state index contributed by atoms with van der Waals surface area (Å²) >= 11 is 0. The molecule has 3 heteroatoms. The first kappa shape index (κ1) is 19.4. The van der Waals surface area contributed by atoms with Gasteiger partial charge in [0.2, 0.25) is 0 Å². The molecule has 0 saturated heterocycles. The summed E-state index contributed by atoms with van der Waals surface area (Å²) < 4.78 is 5.80. The van der Waals surface area contributed by atoms with Crippen molar-refractivity contribution in [2.45, 2.75) is 46.5 Å². The summed E-state index contributed by atoms with van der Waals surface area (Å²) in [4.78, 5) is 7.88. The molecular weight excluding hydrogens is 368 g/mol. The van der Waals surface area contributed by atoms with Gasteiger partial charge in [0.05, 0.1) is 24.2 Å². The molecular formula is C27H32N2O. The lowest BCUT2D eigenvalue weighted by Crippen LogP contribution is -2.29. The molecule has 156 valence electrons. The van der Waals surface area contributed by atoms with E-state index in [1.54, 1.807) is 7.11 Å². The molecule has 0 bridgehead atoms. The Morgan fingerprint density at radius 2 is 1.57 bits per heavy atom. The number of methoxy groups -OCH3 is 1. The number of ether oxygens (including phenoxy) is 1. The molecule has 30 heavy (non-hydrogen) atoms. The third-order valence-electron chi connectivity index (χ3n) is 6.63. The molecule has 0 N–H and O–H groups in total. The van der Waals surface area contributed by atoms with Crippen LogP contribution in [0.2, 0.25) is 0 Å². The van der Waals surface area contributed by atoms with Crippen LogP contribution < -0.4 is 9.64 Å². The van der Waals surface area contributed by atoms with Crippen LogP contribution in [-0.4, -0.2) is 25.2 Å². The highest BCUT2D eigenvalue weighted by Crippen LogP contribution is 2.43. The van der Waals surface area contributed by atoms with Crippen LogP contribution in [-0.2, 0) is 0 Å². The Morgan fingerprint density at radius 1 is 0.933 bits per heavy atom. The van der Waals surface area contributed by atoms with Crippen LogP contribution in [0.4, 0.5) is 5.69 Å². The van der Waals surface area contributed by atoms with Gasteiger partial charge in [0.25, 0.3) is 0 Å². The van der Waals surface area contributed by atoms with E-state index in [0.29, 0.717) is 0 Å². The Hall–Kier alpha value is -2.55. The van der Waals surface area contributed by atoms with Crippen LogP contribution in [0.25, 0.3) is 22.0 Å². The zero-order valence-corrected chi connectivity index (χ0v) is 18.7.